The molecule has 0 amide bonds. The third-order valence-corrected chi connectivity index (χ3v) is 2.49. The monoisotopic (exact) mass is 182 g/mol. The molecule has 0 aromatic carbocycles. The highest BCUT2D eigenvalue weighted by molar-refractivity contribution is 5.79. The number of fused-ring (bicyclic) bond motifs is 1. The molecule has 0 bridgehead atoms. The number of hydrogen-bond donors (Lipinski definition) is 2. The summed E-state index contributed by atoms with van der Waals surface area (Å²) in [7, 11) is 0. The molecular formula is C9H10O4. The molecule has 0 radical (unpaired) electrons. The van der Waals surface area contributed by atoms with Crippen LogP contribution in [0.5, 0.6) is 0 Å². The molecule has 2 rings (SSSR count). The molecule has 1 heterocycles. The first-order chi connectivity index (χ1) is 6.14. The number of aliphatic carboxylic acids is 1. The lowest BCUT2D eigenvalue weighted by atomic mass is 9.83. The summed E-state index contributed by atoms with van der Waals surface area (Å²) in [6.07, 6.45) is 3.03. The molecule has 0 saturated carbocycles. The van der Waals surface area contributed by atoms with Gasteiger partial charge in [0.2, 0.25) is 0 Å². The third-order valence-electron chi connectivity index (χ3n) is 2.49. The standard InChI is InChI=1S/C9H10O4/c10-8(11)9(12)4-1-2-7-6(9)3-5-13-7/h3,5,12H,1-2,4H2,(H,10,11). The van der Waals surface area contributed by atoms with E-state index < -0.39 is 11.6 Å². The van der Waals surface area contributed by atoms with Gasteiger partial charge in [-0.25, -0.2) is 4.79 Å². The quantitative estimate of drug-likeness (QED) is 0.676. The first kappa shape index (κ1) is 8.31. The molecular weight excluding hydrogens is 172 g/mol. The molecule has 4 heteroatoms. The van der Waals surface area contributed by atoms with Crippen LogP contribution in [0.4, 0.5) is 0 Å². The fourth-order valence-electron chi connectivity index (χ4n) is 1.76. The first-order valence-corrected chi connectivity index (χ1v) is 4.17. The minimum absolute atomic E-state index is 0.259. The van der Waals surface area contributed by atoms with Crippen LogP contribution < -0.4 is 0 Å². The number of rotatable bonds is 1. The van der Waals surface area contributed by atoms with E-state index in [-0.39, 0.29) is 6.42 Å². The number of furan rings is 1. The Hall–Kier alpha value is -1.29. The fourth-order valence-corrected chi connectivity index (χ4v) is 1.76. The summed E-state index contributed by atoms with van der Waals surface area (Å²) < 4.78 is 5.08. The molecule has 13 heavy (non-hydrogen) atoms. The molecule has 0 fully saturated rings. The zero-order valence-electron chi connectivity index (χ0n) is 6.99. The molecule has 4 nitrogen and oxygen atoms in total. The Balaban J connectivity index is 2.51. The highest BCUT2D eigenvalue weighted by Crippen LogP contribution is 2.35. The van der Waals surface area contributed by atoms with Crippen molar-refractivity contribution in [3.63, 3.8) is 0 Å². The summed E-state index contributed by atoms with van der Waals surface area (Å²) in [5.74, 6) is -0.606. The zero-order chi connectivity index (χ0) is 9.47. The van der Waals surface area contributed by atoms with Gasteiger partial charge in [-0.1, -0.05) is 0 Å². The number of carboxylic acids is 1. The number of hydrogen-bond acceptors (Lipinski definition) is 3. The van der Waals surface area contributed by atoms with Gasteiger partial charge in [0.05, 0.1) is 6.26 Å². The number of carboxylic acid groups (broad SMARTS) is 1. The van der Waals surface area contributed by atoms with E-state index in [1.165, 1.54) is 12.3 Å². The van der Waals surface area contributed by atoms with Crippen LogP contribution in [0.3, 0.4) is 0 Å². The van der Waals surface area contributed by atoms with Gasteiger partial charge >= 0.3 is 5.97 Å². The van der Waals surface area contributed by atoms with E-state index in [0.717, 1.165) is 0 Å². The van der Waals surface area contributed by atoms with Crippen LogP contribution in [-0.4, -0.2) is 16.2 Å². The molecule has 2 N–H and O–H groups in total. The molecule has 1 aliphatic carbocycles. The highest BCUT2D eigenvalue weighted by Gasteiger charge is 2.43. The van der Waals surface area contributed by atoms with Crippen molar-refractivity contribution in [2.45, 2.75) is 24.9 Å². The molecule has 1 aromatic rings. The smallest absolute Gasteiger partial charge is 0.340 e. The maximum absolute atomic E-state index is 10.8. The van der Waals surface area contributed by atoms with Crippen LogP contribution in [0.2, 0.25) is 0 Å². The van der Waals surface area contributed by atoms with Crippen LogP contribution in [-0.2, 0) is 16.8 Å². The van der Waals surface area contributed by atoms with E-state index in [2.05, 4.69) is 0 Å². The maximum Gasteiger partial charge on any atom is 0.340 e. The van der Waals surface area contributed by atoms with E-state index in [1.807, 2.05) is 0 Å². The lowest BCUT2D eigenvalue weighted by Gasteiger charge is -2.26. The number of carbonyl (C=O) groups is 1. The Kier molecular flexibility index (Phi) is 1.66. The Bertz CT molecular complexity index is 341. The van der Waals surface area contributed by atoms with Crippen LogP contribution in [0.1, 0.15) is 24.2 Å². The van der Waals surface area contributed by atoms with E-state index in [1.54, 1.807) is 0 Å². The molecule has 1 atom stereocenters. The second-order valence-electron chi connectivity index (χ2n) is 3.28. The highest BCUT2D eigenvalue weighted by atomic mass is 16.4. The lowest BCUT2D eigenvalue weighted by Crippen LogP contribution is -2.38. The summed E-state index contributed by atoms with van der Waals surface area (Å²) in [6.45, 7) is 0. The second kappa shape index (κ2) is 2.60. The summed E-state index contributed by atoms with van der Waals surface area (Å²) in [5, 5.41) is 18.7. The third kappa shape index (κ3) is 1.06. The van der Waals surface area contributed by atoms with Gasteiger partial charge < -0.3 is 14.6 Å². The van der Waals surface area contributed by atoms with Crippen molar-refractivity contribution >= 4 is 5.97 Å². The topological polar surface area (TPSA) is 70.7 Å². The summed E-state index contributed by atoms with van der Waals surface area (Å²) in [6, 6.07) is 1.53. The summed E-state index contributed by atoms with van der Waals surface area (Å²) >= 11 is 0. The Morgan fingerprint density at radius 1 is 1.62 bits per heavy atom. The van der Waals surface area contributed by atoms with Gasteiger partial charge in [-0.2, -0.15) is 0 Å². The predicted octanol–water partition coefficient (Wildman–Crippen LogP) is 0.888. The number of aliphatic hydroxyl groups is 1. The van der Waals surface area contributed by atoms with Gasteiger partial charge in [0, 0.05) is 12.0 Å². The summed E-state index contributed by atoms with van der Waals surface area (Å²) in [5.41, 5.74) is -1.33. The minimum Gasteiger partial charge on any atom is -0.479 e. The van der Waals surface area contributed by atoms with Gasteiger partial charge in [0.25, 0.3) is 0 Å². The van der Waals surface area contributed by atoms with Crippen LogP contribution in [0, 0.1) is 0 Å². The average Bonchev–Trinajstić information content (AvgIpc) is 2.53. The minimum atomic E-state index is -1.74. The second-order valence-corrected chi connectivity index (χ2v) is 3.28. The van der Waals surface area contributed by atoms with Gasteiger partial charge in [-0.3, -0.25) is 0 Å². The van der Waals surface area contributed by atoms with E-state index in [4.69, 9.17) is 9.52 Å². The Morgan fingerprint density at radius 3 is 3.08 bits per heavy atom. The largest absolute Gasteiger partial charge is 0.479 e. The SMILES string of the molecule is O=C(O)C1(O)CCCc2occc21. The fraction of sp³-hybridized carbons (Fsp3) is 0.444. The normalized spacial score (nSPS) is 26.8. The van der Waals surface area contributed by atoms with Crippen LogP contribution in [0.15, 0.2) is 16.7 Å². The maximum atomic E-state index is 10.8. The Morgan fingerprint density at radius 2 is 2.38 bits per heavy atom. The molecule has 0 aliphatic heterocycles. The van der Waals surface area contributed by atoms with Crippen molar-refractivity contribution in [1.82, 2.24) is 0 Å². The van der Waals surface area contributed by atoms with Crippen LogP contribution in [0.25, 0.3) is 0 Å². The molecule has 70 valence electrons. The summed E-state index contributed by atoms with van der Waals surface area (Å²) in [4.78, 5) is 10.8. The van der Waals surface area contributed by atoms with Gasteiger partial charge in [0.1, 0.15) is 5.76 Å². The van der Waals surface area contributed by atoms with Crippen LogP contribution >= 0.6 is 0 Å². The van der Waals surface area contributed by atoms with Crippen molar-refractivity contribution < 1.29 is 19.4 Å². The van der Waals surface area contributed by atoms with Crippen molar-refractivity contribution in [1.29, 1.82) is 0 Å². The van der Waals surface area contributed by atoms with Crippen molar-refractivity contribution in [3.8, 4) is 0 Å². The van der Waals surface area contributed by atoms with E-state index >= 15 is 0 Å². The molecule has 0 saturated heterocycles. The number of aryl methyl sites for hydroxylation is 1. The molecule has 1 aromatic heterocycles. The predicted molar refractivity (Wildman–Crippen MR) is 43.2 cm³/mol. The van der Waals surface area contributed by atoms with Gasteiger partial charge in [-0.15, -0.1) is 0 Å². The van der Waals surface area contributed by atoms with Gasteiger partial charge in [-0.05, 0) is 18.9 Å². The molecule has 0 spiro atoms. The molecule has 1 unspecified atom stereocenters. The lowest BCUT2D eigenvalue weighted by molar-refractivity contribution is -0.161. The Labute approximate surface area is 74.8 Å². The van der Waals surface area contributed by atoms with Crippen molar-refractivity contribution in [2.24, 2.45) is 0 Å². The van der Waals surface area contributed by atoms with Crippen molar-refractivity contribution in [2.75, 3.05) is 0 Å². The average molecular weight is 182 g/mol. The van der Waals surface area contributed by atoms with E-state index in [9.17, 15) is 9.90 Å². The zero-order valence-corrected chi connectivity index (χ0v) is 6.99. The first-order valence-electron chi connectivity index (χ1n) is 4.17. The van der Waals surface area contributed by atoms with Crippen molar-refractivity contribution in [3.05, 3.63) is 23.7 Å². The molecule has 1 aliphatic rings. The van der Waals surface area contributed by atoms with Gasteiger partial charge in [0.15, 0.2) is 5.60 Å². The van der Waals surface area contributed by atoms with E-state index in [0.29, 0.717) is 24.2 Å².